The molecule has 0 aromatic heterocycles. The van der Waals surface area contributed by atoms with Crippen LogP contribution in [0.4, 0.5) is 0 Å². The zero-order valence-corrected chi connectivity index (χ0v) is 11.9. The summed E-state index contributed by atoms with van der Waals surface area (Å²) in [6.07, 6.45) is 1.46. The van der Waals surface area contributed by atoms with Crippen LogP contribution in [0.3, 0.4) is 0 Å². The van der Waals surface area contributed by atoms with E-state index < -0.39 is 29.8 Å². The average molecular weight is 305 g/mol. The van der Waals surface area contributed by atoms with Crippen LogP contribution in [0.25, 0.3) is 0 Å². The minimum atomic E-state index is -1.25. The molecule has 116 valence electrons. The van der Waals surface area contributed by atoms with Gasteiger partial charge >= 0.3 is 11.9 Å². The van der Waals surface area contributed by atoms with Crippen LogP contribution in [0, 0.1) is 0 Å². The number of aliphatic carboxylic acids is 1. The van der Waals surface area contributed by atoms with Crippen molar-refractivity contribution in [3.8, 4) is 0 Å². The van der Waals surface area contributed by atoms with E-state index in [9.17, 15) is 24.3 Å². The number of carbonyl (C=O) groups excluding carboxylic acids is 2. The fraction of sp³-hybridized carbons (Fsp3) is 0.333. The van der Waals surface area contributed by atoms with Crippen LogP contribution in [0.2, 0.25) is 0 Å². The number of carbonyl (C=O) groups is 4. The number of benzene rings is 1. The van der Waals surface area contributed by atoms with Crippen LogP contribution in [0.15, 0.2) is 18.2 Å². The zero-order chi connectivity index (χ0) is 16.4. The van der Waals surface area contributed by atoms with E-state index in [1.54, 1.807) is 0 Å². The third-order valence-electron chi connectivity index (χ3n) is 3.59. The second kappa shape index (κ2) is 5.97. The highest BCUT2D eigenvalue weighted by molar-refractivity contribution is 6.23. The van der Waals surface area contributed by atoms with Crippen LogP contribution < -0.4 is 0 Å². The Labute approximate surface area is 126 Å². The van der Waals surface area contributed by atoms with E-state index >= 15 is 0 Å². The Bertz CT molecular complexity index is 666. The van der Waals surface area contributed by atoms with Crippen LogP contribution in [-0.4, -0.2) is 44.9 Å². The Balaban J connectivity index is 2.40. The summed E-state index contributed by atoms with van der Waals surface area (Å²) in [6, 6.07) is 2.34. The Morgan fingerprint density at radius 2 is 1.77 bits per heavy atom. The maximum atomic E-state index is 12.3. The minimum absolute atomic E-state index is 0.0396. The SMILES string of the molecule is CCCC[C@H](C(=O)O)N1C(=O)c2ccc(C(=O)O)cc2C1=O. The number of carboxylic acid groups (broad SMARTS) is 2. The lowest BCUT2D eigenvalue weighted by atomic mass is 10.1. The largest absolute Gasteiger partial charge is 0.480 e. The fourth-order valence-electron chi connectivity index (χ4n) is 2.44. The summed E-state index contributed by atoms with van der Waals surface area (Å²) >= 11 is 0. The van der Waals surface area contributed by atoms with Gasteiger partial charge in [-0.1, -0.05) is 19.8 Å². The molecule has 1 atom stereocenters. The predicted molar refractivity (Wildman–Crippen MR) is 74.9 cm³/mol. The van der Waals surface area contributed by atoms with Crippen molar-refractivity contribution in [2.24, 2.45) is 0 Å². The lowest BCUT2D eigenvalue weighted by Crippen LogP contribution is -2.44. The molecule has 2 amide bonds. The molecule has 1 aliphatic rings. The third-order valence-corrected chi connectivity index (χ3v) is 3.59. The van der Waals surface area contributed by atoms with Gasteiger partial charge in [0.2, 0.25) is 0 Å². The summed E-state index contributed by atoms with van der Waals surface area (Å²) in [5, 5.41) is 18.2. The van der Waals surface area contributed by atoms with Gasteiger partial charge in [-0.15, -0.1) is 0 Å². The van der Waals surface area contributed by atoms with Crippen LogP contribution in [0.1, 0.15) is 57.3 Å². The van der Waals surface area contributed by atoms with Gasteiger partial charge in [-0.3, -0.25) is 14.5 Å². The number of imide groups is 1. The highest BCUT2D eigenvalue weighted by atomic mass is 16.4. The Morgan fingerprint density at radius 3 is 2.32 bits per heavy atom. The zero-order valence-electron chi connectivity index (χ0n) is 11.9. The Kier molecular flexibility index (Phi) is 4.25. The molecule has 0 spiro atoms. The van der Waals surface area contributed by atoms with Crippen LogP contribution in [0.5, 0.6) is 0 Å². The number of rotatable bonds is 6. The summed E-state index contributed by atoms with van der Waals surface area (Å²) in [6.45, 7) is 1.88. The number of nitrogens with zero attached hydrogens (tertiary/aromatic N) is 1. The Morgan fingerprint density at radius 1 is 1.14 bits per heavy atom. The molecular weight excluding hydrogens is 290 g/mol. The number of amides is 2. The van der Waals surface area contributed by atoms with Gasteiger partial charge in [0.1, 0.15) is 6.04 Å². The smallest absolute Gasteiger partial charge is 0.335 e. The van der Waals surface area contributed by atoms with E-state index in [1.165, 1.54) is 12.1 Å². The monoisotopic (exact) mass is 305 g/mol. The molecular formula is C15H15NO6. The van der Waals surface area contributed by atoms with E-state index in [0.717, 1.165) is 12.5 Å². The van der Waals surface area contributed by atoms with Crippen molar-refractivity contribution < 1.29 is 29.4 Å². The molecule has 1 aliphatic heterocycles. The van der Waals surface area contributed by atoms with Gasteiger partial charge in [-0.05, 0) is 24.6 Å². The van der Waals surface area contributed by atoms with Gasteiger partial charge in [0.25, 0.3) is 11.8 Å². The summed E-state index contributed by atoms with van der Waals surface area (Å²) < 4.78 is 0. The number of aromatic carboxylic acids is 1. The first-order valence-electron chi connectivity index (χ1n) is 6.86. The first-order valence-corrected chi connectivity index (χ1v) is 6.86. The van der Waals surface area contributed by atoms with Gasteiger partial charge in [0.15, 0.2) is 0 Å². The van der Waals surface area contributed by atoms with Gasteiger partial charge in [0, 0.05) is 0 Å². The van der Waals surface area contributed by atoms with Crippen LogP contribution in [-0.2, 0) is 4.79 Å². The number of unbranched alkanes of at least 4 members (excludes halogenated alkanes) is 1. The molecule has 22 heavy (non-hydrogen) atoms. The van der Waals surface area contributed by atoms with Gasteiger partial charge < -0.3 is 10.2 Å². The van der Waals surface area contributed by atoms with E-state index in [0.29, 0.717) is 11.3 Å². The first-order chi connectivity index (χ1) is 10.4. The molecule has 0 saturated heterocycles. The quantitative estimate of drug-likeness (QED) is 0.772. The molecule has 0 unspecified atom stereocenters. The lowest BCUT2D eigenvalue weighted by Gasteiger charge is -2.22. The topological polar surface area (TPSA) is 112 Å². The van der Waals surface area contributed by atoms with E-state index in [2.05, 4.69) is 0 Å². The maximum Gasteiger partial charge on any atom is 0.335 e. The molecule has 0 fully saturated rings. The van der Waals surface area contributed by atoms with Crippen molar-refractivity contribution in [2.75, 3.05) is 0 Å². The van der Waals surface area contributed by atoms with Crippen molar-refractivity contribution >= 4 is 23.8 Å². The number of fused-ring (bicyclic) bond motifs is 1. The maximum absolute atomic E-state index is 12.3. The van der Waals surface area contributed by atoms with Crippen molar-refractivity contribution in [2.45, 2.75) is 32.2 Å². The van der Waals surface area contributed by atoms with E-state index in [-0.39, 0.29) is 23.1 Å². The van der Waals surface area contributed by atoms with Gasteiger partial charge in [0.05, 0.1) is 16.7 Å². The normalized spacial score (nSPS) is 14.9. The molecule has 7 heteroatoms. The molecule has 1 heterocycles. The highest BCUT2D eigenvalue weighted by Gasteiger charge is 2.42. The predicted octanol–water partition coefficient (Wildman–Crippen LogP) is 1.62. The molecule has 0 aliphatic carbocycles. The minimum Gasteiger partial charge on any atom is -0.480 e. The standard InChI is InChI=1S/C15H15NO6/c1-2-3-4-11(15(21)22)16-12(17)9-6-5-8(14(19)20)7-10(9)13(16)18/h5-7,11H,2-4H2,1H3,(H,19,20)(H,21,22)/t11-/m1/s1. The molecule has 1 aromatic rings. The number of hydrogen-bond donors (Lipinski definition) is 2. The molecule has 2 N–H and O–H groups in total. The van der Waals surface area contributed by atoms with Gasteiger partial charge in [-0.2, -0.15) is 0 Å². The Hall–Kier alpha value is -2.70. The molecule has 2 rings (SSSR count). The lowest BCUT2D eigenvalue weighted by molar-refractivity contribution is -0.141. The first kappa shape index (κ1) is 15.7. The molecule has 0 radical (unpaired) electrons. The summed E-state index contributed by atoms with van der Waals surface area (Å²) in [4.78, 5) is 47.7. The fourth-order valence-corrected chi connectivity index (χ4v) is 2.44. The summed E-state index contributed by atoms with van der Waals surface area (Å²) in [7, 11) is 0. The third kappa shape index (κ3) is 2.57. The van der Waals surface area contributed by atoms with Crippen molar-refractivity contribution in [3.05, 3.63) is 34.9 Å². The molecule has 0 saturated carbocycles. The summed E-state index contributed by atoms with van der Waals surface area (Å²) in [5.41, 5.74) is -0.146. The van der Waals surface area contributed by atoms with Crippen LogP contribution >= 0.6 is 0 Å². The summed E-state index contributed by atoms with van der Waals surface area (Å²) in [5.74, 6) is -3.92. The van der Waals surface area contributed by atoms with Crippen molar-refractivity contribution in [3.63, 3.8) is 0 Å². The number of carboxylic acids is 2. The van der Waals surface area contributed by atoms with E-state index in [1.807, 2.05) is 6.92 Å². The molecule has 1 aromatic carbocycles. The van der Waals surface area contributed by atoms with Crippen molar-refractivity contribution in [1.29, 1.82) is 0 Å². The van der Waals surface area contributed by atoms with E-state index in [4.69, 9.17) is 5.11 Å². The molecule has 0 bridgehead atoms. The second-order valence-electron chi connectivity index (χ2n) is 5.04. The van der Waals surface area contributed by atoms with Crippen molar-refractivity contribution in [1.82, 2.24) is 4.90 Å². The number of hydrogen-bond acceptors (Lipinski definition) is 4. The highest BCUT2D eigenvalue weighted by Crippen LogP contribution is 2.27. The average Bonchev–Trinajstić information content (AvgIpc) is 2.72. The molecule has 7 nitrogen and oxygen atoms in total. The van der Waals surface area contributed by atoms with Gasteiger partial charge in [-0.25, -0.2) is 9.59 Å². The second-order valence-corrected chi connectivity index (χ2v) is 5.04.